The highest BCUT2D eigenvalue weighted by Gasteiger charge is 2.16. The van der Waals surface area contributed by atoms with Crippen LogP contribution in [0, 0.1) is 0 Å². The molecule has 5 heteroatoms. The van der Waals surface area contributed by atoms with Crippen molar-refractivity contribution in [1.82, 2.24) is 10.6 Å². The average Bonchev–Trinajstić information content (AvgIpc) is 2.53. The molecule has 2 amide bonds. The molecule has 5 nitrogen and oxygen atoms in total. The number of aliphatic carboxylic acids is 1. The molecule has 0 atom stereocenters. The first-order valence-corrected chi connectivity index (χ1v) is 4.44. The molecule has 0 aliphatic heterocycles. The fourth-order valence-corrected chi connectivity index (χ4v) is 1.46. The third kappa shape index (κ3) is 3.78. The molecule has 1 aliphatic rings. The van der Waals surface area contributed by atoms with Crippen molar-refractivity contribution in [3.63, 3.8) is 0 Å². The van der Waals surface area contributed by atoms with Crippen molar-refractivity contribution in [2.24, 2.45) is 0 Å². The van der Waals surface area contributed by atoms with Crippen molar-refractivity contribution in [1.29, 1.82) is 0 Å². The van der Waals surface area contributed by atoms with E-state index in [1.807, 2.05) is 0 Å². The van der Waals surface area contributed by atoms with Gasteiger partial charge in [-0.05, 0) is 12.8 Å². The number of carbonyl (C=O) groups is 2. The van der Waals surface area contributed by atoms with Crippen LogP contribution in [0.5, 0.6) is 0 Å². The SMILES string of the molecule is O=C(O)CNC(=O)NC1CCCC1. The maximum Gasteiger partial charge on any atom is 0.323 e. The second kappa shape index (κ2) is 4.69. The van der Waals surface area contributed by atoms with E-state index in [0.29, 0.717) is 0 Å². The molecule has 0 heterocycles. The molecular formula is C8H14N2O3. The highest BCUT2D eigenvalue weighted by molar-refractivity contribution is 5.79. The van der Waals surface area contributed by atoms with Gasteiger partial charge in [0.15, 0.2) is 0 Å². The van der Waals surface area contributed by atoms with Gasteiger partial charge in [0.2, 0.25) is 0 Å². The summed E-state index contributed by atoms with van der Waals surface area (Å²) in [7, 11) is 0. The van der Waals surface area contributed by atoms with Gasteiger partial charge in [0.05, 0.1) is 0 Å². The van der Waals surface area contributed by atoms with Crippen molar-refractivity contribution < 1.29 is 14.7 Å². The highest BCUT2D eigenvalue weighted by atomic mass is 16.4. The van der Waals surface area contributed by atoms with Gasteiger partial charge in [-0.25, -0.2) is 4.79 Å². The number of nitrogens with one attached hydrogen (secondary N) is 2. The first-order chi connectivity index (χ1) is 6.18. The van der Waals surface area contributed by atoms with Crippen LogP contribution in [0.4, 0.5) is 4.79 Å². The lowest BCUT2D eigenvalue weighted by atomic mass is 10.3. The topological polar surface area (TPSA) is 78.4 Å². The van der Waals surface area contributed by atoms with E-state index in [1.165, 1.54) is 0 Å². The smallest absolute Gasteiger partial charge is 0.323 e. The lowest BCUT2D eigenvalue weighted by Crippen LogP contribution is -2.42. The van der Waals surface area contributed by atoms with Crippen molar-refractivity contribution >= 4 is 12.0 Å². The number of amides is 2. The molecule has 0 bridgehead atoms. The maximum atomic E-state index is 11.0. The largest absolute Gasteiger partial charge is 0.480 e. The Morgan fingerprint density at radius 3 is 2.46 bits per heavy atom. The van der Waals surface area contributed by atoms with Crippen LogP contribution in [0.2, 0.25) is 0 Å². The zero-order valence-electron chi connectivity index (χ0n) is 7.38. The number of hydrogen-bond donors (Lipinski definition) is 3. The number of carbonyl (C=O) groups excluding carboxylic acids is 1. The monoisotopic (exact) mass is 186 g/mol. The van der Waals surface area contributed by atoms with E-state index in [-0.39, 0.29) is 18.6 Å². The van der Waals surface area contributed by atoms with Gasteiger partial charge in [-0.15, -0.1) is 0 Å². The van der Waals surface area contributed by atoms with Crippen LogP contribution in [0.15, 0.2) is 0 Å². The molecule has 0 aromatic rings. The standard InChI is InChI=1S/C8H14N2O3/c11-7(12)5-9-8(13)10-6-3-1-2-4-6/h6H,1-5H2,(H,11,12)(H2,9,10,13). The zero-order valence-corrected chi connectivity index (χ0v) is 7.38. The summed E-state index contributed by atoms with van der Waals surface area (Å²) in [5.41, 5.74) is 0. The van der Waals surface area contributed by atoms with E-state index in [0.717, 1.165) is 25.7 Å². The van der Waals surface area contributed by atoms with Crippen LogP contribution in [0.1, 0.15) is 25.7 Å². The van der Waals surface area contributed by atoms with Gasteiger partial charge < -0.3 is 15.7 Å². The molecule has 0 unspecified atom stereocenters. The third-order valence-electron chi connectivity index (χ3n) is 2.09. The summed E-state index contributed by atoms with van der Waals surface area (Å²) in [4.78, 5) is 21.1. The summed E-state index contributed by atoms with van der Waals surface area (Å²) in [6, 6.07) is -0.150. The summed E-state index contributed by atoms with van der Waals surface area (Å²) < 4.78 is 0. The molecule has 1 aliphatic carbocycles. The predicted molar refractivity (Wildman–Crippen MR) is 46.4 cm³/mol. The molecular weight excluding hydrogens is 172 g/mol. The molecule has 3 N–H and O–H groups in total. The molecule has 1 rings (SSSR count). The van der Waals surface area contributed by atoms with Crippen molar-refractivity contribution in [2.75, 3.05) is 6.54 Å². The molecule has 74 valence electrons. The minimum Gasteiger partial charge on any atom is -0.480 e. The Balaban J connectivity index is 2.13. The van der Waals surface area contributed by atoms with E-state index in [9.17, 15) is 9.59 Å². The summed E-state index contributed by atoms with van der Waals surface area (Å²) in [5.74, 6) is -1.03. The van der Waals surface area contributed by atoms with Crippen molar-refractivity contribution in [3.8, 4) is 0 Å². The Bertz CT molecular complexity index is 200. The lowest BCUT2D eigenvalue weighted by Gasteiger charge is -2.11. The summed E-state index contributed by atoms with van der Waals surface area (Å²) >= 11 is 0. The average molecular weight is 186 g/mol. The second-order valence-corrected chi connectivity index (χ2v) is 3.20. The predicted octanol–water partition coefficient (Wildman–Crippen LogP) is 0.313. The van der Waals surface area contributed by atoms with Gasteiger partial charge >= 0.3 is 12.0 Å². The molecule has 0 saturated heterocycles. The Labute approximate surface area is 76.5 Å². The minimum atomic E-state index is -1.03. The quantitative estimate of drug-likeness (QED) is 0.593. The number of carboxylic acid groups (broad SMARTS) is 1. The lowest BCUT2D eigenvalue weighted by molar-refractivity contribution is -0.135. The van der Waals surface area contributed by atoms with Crippen LogP contribution >= 0.6 is 0 Å². The van der Waals surface area contributed by atoms with Crippen LogP contribution in [0.25, 0.3) is 0 Å². The van der Waals surface area contributed by atoms with Gasteiger partial charge in [-0.3, -0.25) is 4.79 Å². The van der Waals surface area contributed by atoms with E-state index in [2.05, 4.69) is 10.6 Å². The summed E-state index contributed by atoms with van der Waals surface area (Å²) in [5, 5.41) is 13.3. The van der Waals surface area contributed by atoms with E-state index >= 15 is 0 Å². The van der Waals surface area contributed by atoms with Gasteiger partial charge in [-0.1, -0.05) is 12.8 Å². The summed E-state index contributed by atoms with van der Waals surface area (Å²) in [6.45, 7) is -0.321. The van der Waals surface area contributed by atoms with Gasteiger partial charge in [0, 0.05) is 6.04 Å². The highest BCUT2D eigenvalue weighted by Crippen LogP contribution is 2.17. The van der Waals surface area contributed by atoms with Gasteiger partial charge in [0.25, 0.3) is 0 Å². The molecule has 1 fully saturated rings. The Morgan fingerprint density at radius 2 is 1.92 bits per heavy atom. The molecule has 13 heavy (non-hydrogen) atoms. The minimum absolute atomic E-state index is 0.230. The van der Waals surface area contributed by atoms with Crippen LogP contribution in [0.3, 0.4) is 0 Å². The fraction of sp³-hybridized carbons (Fsp3) is 0.750. The molecule has 1 saturated carbocycles. The first kappa shape index (κ1) is 9.83. The molecule has 0 spiro atoms. The molecule has 0 radical (unpaired) electrons. The summed E-state index contributed by atoms with van der Waals surface area (Å²) in [6.07, 6.45) is 4.29. The Kier molecular flexibility index (Phi) is 3.54. The van der Waals surface area contributed by atoms with Gasteiger partial charge in [0.1, 0.15) is 6.54 Å². The Morgan fingerprint density at radius 1 is 1.31 bits per heavy atom. The Hall–Kier alpha value is -1.26. The number of rotatable bonds is 3. The molecule has 0 aromatic heterocycles. The van der Waals surface area contributed by atoms with E-state index < -0.39 is 5.97 Å². The first-order valence-electron chi connectivity index (χ1n) is 4.44. The molecule has 0 aromatic carbocycles. The van der Waals surface area contributed by atoms with E-state index in [4.69, 9.17) is 5.11 Å². The van der Waals surface area contributed by atoms with Crippen LogP contribution in [-0.2, 0) is 4.79 Å². The maximum absolute atomic E-state index is 11.0. The number of urea groups is 1. The van der Waals surface area contributed by atoms with Crippen molar-refractivity contribution in [2.45, 2.75) is 31.7 Å². The normalized spacial score (nSPS) is 16.9. The fourth-order valence-electron chi connectivity index (χ4n) is 1.46. The second-order valence-electron chi connectivity index (χ2n) is 3.20. The van der Waals surface area contributed by atoms with Crippen molar-refractivity contribution in [3.05, 3.63) is 0 Å². The van der Waals surface area contributed by atoms with Crippen LogP contribution in [-0.4, -0.2) is 29.7 Å². The van der Waals surface area contributed by atoms with Gasteiger partial charge in [-0.2, -0.15) is 0 Å². The number of hydrogen-bond acceptors (Lipinski definition) is 2. The van der Waals surface area contributed by atoms with E-state index in [1.54, 1.807) is 0 Å². The zero-order chi connectivity index (χ0) is 9.68. The number of carboxylic acids is 1. The third-order valence-corrected chi connectivity index (χ3v) is 2.09. The van der Waals surface area contributed by atoms with Crippen LogP contribution < -0.4 is 10.6 Å².